The lowest BCUT2D eigenvalue weighted by molar-refractivity contribution is 0.346. The van der Waals surface area contributed by atoms with Crippen LogP contribution in [0.3, 0.4) is 0 Å². The van der Waals surface area contributed by atoms with Gasteiger partial charge in [0, 0.05) is 18.8 Å². The Morgan fingerprint density at radius 3 is 2.48 bits per heavy atom. The monoisotopic (exact) mass is 386 g/mol. The van der Waals surface area contributed by atoms with Gasteiger partial charge in [0.25, 0.3) is 0 Å². The Morgan fingerprint density at radius 1 is 1.11 bits per heavy atom. The third-order valence-electron chi connectivity index (χ3n) is 4.60. The number of aryl methyl sites for hydroxylation is 1. The first-order chi connectivity index (χ1) is 12.9. The van der Waals surface area contributed by atoms with E-state index in [1.807, 2.05) is 31.2 Å². The number of nitrogens with two attached hydrogens (primary N) is 1. The van der Waals surface area contributed by atoms with E-state index in [9.17, 15) is 8.42 Å². The average Bonchev–Trinajstić information content (AvgIpc) is 2.67. The van der Waals surface area contributed by atoms with Gasteiger partial charge in [-0.05, 0) is 55.2 Å². The minimum atomic E-state index is -3.39. The molecule has 0 aromatic heterocycles. The van der Waals surface area contributed by atoms with Crippen molar-refractivity contribution in [1.82, 2.24) is 4.31 Å². The highest BCUT2D eigenvalue weighted by atomic mass is 32.2. The standard InChI is InChI=1S/C20H26N4O2S/c1-16-6-5-7-18(14-16)23-20(21)22-15-17-8-10-19(11-9-17)27(25,26)24-12-3-2-4-13-24/h5-11,14H,2-4,12-13,15H2,1H3,(H3,21,22,23). The molecule has 3 rings (SSSR count). The summed E-state index contributed by atoms with van der Waals surface area (Å²) < 4.78 is 26.9. The van der Waals surface area contributed by atoms with Gasteiger partial charge in [-0.15, -0.1) is 0 Å². The second-order valence-corrected chi connectivity index (χ2v) is 8.74. The van der Waals surface area contributed by atoms with Crippen molar-refractivity contribution in [3.8, 4) is 0 Å². The molecule has 6 nitrogen and oxygen atoms in total. The first-order valence-electron chi connectivity index (χ1n) is 9.18. The summed E-state index contributed by atoms with van der Waals surface area (Å²) in [6.07, 6.45) is 2.96. The number of sulfonamides is 1. The number of nitrogens with zero attached hydrogens (tertiary/aromatic N) is 2. The highest BCUT2D eigenvalue weighted by Crippen LogP contribution is 2.21. The summed E-state index contributed by atoms with van der Waals surface area (Å²) in [6, 6.07) is 14.8. The number of anilines is 1. The predicted molar refractivity (Wildman–Crippen MR) is 109 cm³/mol. The van der Waals surface area contributed by atoms with E-state index in [-0.39, 0.29) is 0 Å². The van der Waals surface area contributed by atoms with Crippen molar-refractivity contribution in [2.75, 3.05) is 18.4 Å². The highest BCUT2D eigenvalue weighted by molar-refractivity contribution is 7.89. The van der Waals surface area contributed by atoms with Crippen LogP contribution in [0.5, 0.6) is 0 Å². The van der Waals surface area contributed by atoms with Crippen molar-refractivity contribution in [1.29, 1.82) is 0 Å². The first-order valence-corrected chi connectivity index (χ1v) is 10.6. The summed E-state index contributed by atoms with van der Waals surface area (Å²) in [4.78, 5) is 4.66. The molecule has 1 heterocycles. The number of rotatable bonds is 5. The lowest BCUT2D eigenvalue weighted by atomic mass is 10.2. The van der Waals surface area contributed by atoms with Gasteiger partial charge in [-0.25, -0.2) is 13.4 Å². The Balaban J connectivity index is 1.63. The Hall–Kier alpha value is -2.38. The van der Waals surface area contributed by atoms with E-state index in [2.05, 4.69) is 10.3 Å². The fraction of sp³-hybridized carbons (Fsp3) is 0.350. The number of hydrogen-bond donors (Lipinski definition) is 2. The van der Waals surface area contributed by atoms with E-state index < -0.39 is 10.0 Å². The summed E-state index contributed by atoms with van der Waals surface area (Å²) >= 11 is 0. The number of nitrogens with one attached hydrogen (secondary N) is 1. The summed E-state index contributed by atoms with van der Waals surface area (Å²) in [5.41, 5.74) is 8.87. The largest absolute Gasteiger partial charge is 0.370 e. The predicted octanol–water partition coefficient (Wildman–Crippen LogP) is 3.10. The molecule has 0 saturated carbocycles. The third-order valence-corrected chi connectivity index (χ3v) is 6.51. The van der Waals surface area contributed by atoms with E-state index in [1.54, 1.807) is 28.6 Å². The minimum absolute atomic E-state index is 0.325. The fourth-order valence-corrected chi connectivity index (χ4v) is 4.62. The Kier molecular flexibility index (Phi) is 6.13. The molecule has 1 saturated heterocycles. The molecule has 2 aromatic rings. The van der Waals surface area contributed by atoms with Gasteiger partial charge in [0.2, 0.25) is 10.0 Å². The van der Waals surface area contributed by atoms with Crippen molar-refractivity contribution in [2.24, 2.45) is 10.7 Å². The zero-order chi connectivity index (χ0) is 19.3. The minimum Gasteiger partial charge on any atom is -0.370 e. The molecular weight excluding hydrogens is 360 g/mol. The number of piperidine rings is 1. The molecule has 0 bridgehead atoms. The molecule has 1 fully saturated rings. The van der Waals surface area contributed by atoms with Crippen LogP contribution in [0, 0.1) is 6.92 Å². The van der Waals surface area contributed by atoms with Crippen LogP contribution < -0.4 is 11.1 Å². The molecule has 7 heteroatoms. The number of aliphatic imine (C=N–C) groups is 1. The van der Waals surface area contributed by atoms with Gasteiger partial charge in [0.05, 0.1) is 11.4 Å². The van der Waals surface area contributed by atoms with Crippen molar-refractivity contribution >= 4 is 21.7 Å². The SMILES string of the molecule is Cc1cccc(NC(N)=NCc2ccc(S(=O)(=O)N3CCCCC3)cc2)c1. The van der Waals surface area contributed by atoms with Gasteiger partial charge in [0.15, 0.2) is 5.96 Å². The summed E-state index contributed by atoms with van der Waals surface area (Å²) in [5, 5.41) is 3.06. The molecule has 0 amide bonds. The molecule has 0 radical (unpaired) electrons. The van der Waals surface area contributed by atoms with Crippen molar-refractivity contribution < 1.29 is 8.42 Å². The number of guanidine groups is 1. The lowest BCUT2D eigenvalue weighted by Gasteiger charge is -2.25. The van der Waals surface area contributed by atoms with Crippen LogP contribution in [0.2, 0.25) is 0 Å². The fourth-order valence-electron chi connectivity index (χ4n) is 3.11. The van der Waals surface area contributed by atoms with Crippen molar-refractivity contribution in [3.63, 3.8) is 0 Å². The third kappa shape index (κ3) is 5.08. The summed E-state index contributed by atoms with van der Waals surface area (Å²) in [7, 11) is -3.39. The van der Waals surface area contributed by atoms with Crippen LogP contribution >= 0.6 is 0 Å². The smallest absolute Gasteiger partial charge is 0.243 e. The van der Waals surface area contributed by atoms with Crippen LogP contribution in [0.15, 0.2) is 58.4 Å². The Morgan fingerprint density at radius 2 is 1.81 bits per heavy atom. The molecule has 0 aliphatic carbocycles. The maximum Gasteiger partial charge on any atom is 0.243 e. The van der Waals surface area contributed by atoms with Crippen LogP contribution in [-0.4, -0.2) is 31.8 Å². The van der Waals surface area contributed by atoms with E-state index in [1.165, 1.54) is 0 Å². The Bertz CT molecular complexity index is 902. The zero-order valence-electron chi connectivity index (χ0n) is 15.6. The van der Waals surface area contributed by atoms with E-state index in [0.29, 0.717) is 30.5 Å². The molecule has 2 aromatic carbocycles. The molecule has 27 heavy (non-hydrogen) atoms. The van der Waals surface area contributed by atoms with Gasteiger partial charge in [-0.1, -0.05) is 30.7 Å². The molecule has 3 N–H and O–H groups in total. The molecular formula is C20H26N4O2S. The average molecular weight is 387 g/mol. The Labute approximate surface area is 161 Å². The molecule has 0 unspecified atom stereocenters. The van der Waals surface area contributed by atoms with Gasteiger partial charge < -0.3 is 11.1 Å². The molecule has 1 aliphatic heterocycles. The van der Waals surface area contributed by atoms with Crippen molar-refractivity contribution in [2.45, 2.75) is 37.6 Å². The zero-order valence-corrected chi connectivity index (χ0v) is 16.4. The number of benzene rings is 2. The number of hydrogen-bond acceptors (Lipinski definition) is 3. The summed E-state index contributed by atoms with van der Waals surface area (Å²) in [6.45, 7) is 3.61. The van der Waals surface area contributed by atoms with Crippen LogP contribution in [-0.2, 0) is 16.6 Å². The van der Waals surface area contributed by atoms with Crippen LogP contribution in [0.1, 0.15) is 30.4 Å². The van der Waals surface area contributed by atoms with Gasteiger partial charge in [-0.3, -0.25) is 0 Å². The quantitative estimate of drug-likeness (QED) is 0.610. The van der Waals surface area contributed by atoms with Gasteiger partial charge in [0.1, 0.15) is 0 Å². The van der Waals surface area contributed by atoms with E-state index in [0.717, 1.165) is 36.1 Å². The normalized spacial score (nSPS) is 16.3. The van der Waals surface area contributed by atoms with Gasteiger partial charge in [-0.2, -0.15) is 4.31 Å². The highest BCUT2D eigenvalue weighted by Gasteiger charge is 2.25. The van der Waals surface area contributed by atoms with Crippen LogP contribution in [0.4, 0.5) is 5.69 Å². The van der Waals surface area contributed by atoms with E-state index >= 15 is 0 Å². The van der Waals surface area contributed by atoms with Gasteiger partial charge >= 0.3 is 0 Å². The molecule has 1 aliphatic rings. The molecule has 0 atom stereocenters. The molecule has 0 spiro atoms. The molecule has 144 valence electrons. The van der Waals surface area contributed by atoms with Crippen molar-refractivity contribution in [3.05, 3.63) is 59.7 Å². The first kappa shape index (κ1) is 19.4. The van der Waals surface area contributed by atoms with Crippen LogP contribution in [0.25, 0.3) is 0 Å². The van der Waals surface area contributed by atoms with E-state index in [4.69, 9.17) is 5.73 Å². The topological polar surface area (TPSA) is 87.8 Å². The maximum atomic E-state index is 12.7. The second kappa shape index (κ2) is 8.54. The lowest BCUT2D eigenvalue weighted by Crippen LogP contribution is -2.35. The second-order valence-electron chi connectivity index (χ2n) is 6.80. The summed E-state index contributed by atoms with van der Waals surface area (Å²) in [5.74, 6) is 0.325. The maximum absolute atomic E-state index is 12.7.